The van der Waals surface area contributed by atoms with Gasteiger partial charge in [0.25, 0.3) is 0 Å². The SMILES string of the molecule is CCCCOC(=O)c1cc(NCc2ccc(OC)cc2)c2cc(C3CC3)cc(C(C)(C)C)c2n1. The van der Waals surface area contributed by atoms with Crippen LogP contribution in [0.25, 0.3) is 10.9 Å². The van der Waals surface area contributed by atoms with Crippen LogP contribution in [0.5, 0.6) is 5.75 Å². The lowest BCUT2D eigenvalue weighted by Gasteiger charge is -2.23. The molecule has 34 heavy (non-hydrogen) atoms. The van der Waals surface area contributed by atoms with Crippen LogP contribution in [0.3, 0.4) is 0 Å². The van der Waals surface area contributed by atoms with E-state index < -0.39 is 0 Å². The highest BCUT2D eigenvalue weighted by molar-refractivity contribution is 5.99. The summed E-state index contributed by atoms with van der Waals surface area (Å²) in [5.41, 5.74) is 5.70. The van der Waals surface area contributed by atoms with E-state index in [-0.39, 0.29) is 11.4 Å². The Hall–Kier alpha value is -3.08. The fraction of sp³-hybridized carbons (Fsp3) is 0.448. The number of benzene rings is 2. The van der Waals surface area contributed by atoms with Crippen molar-refractivity contribution >= 4 is 22.6 Å². The van der Waals surface area contributed by atoms with Crippen molar-refractivity contribution in [1.82, 2.24) is 4.98 Å². The Morgan fingerprint density at radius 2 is 1.85 bits per heavy atom. The zero-order valence-electron chi connectivity index (χ0n) is 21.0. The van der Waals surface area contributed by atoms with Crippen LogP contribution >= 0.6 is 0 Å². The highest BCUT2D eigenvalue weighted by Gasteiger charge is 2.28. The molecule has 0 atom stereocenters. The fourth-order valence-corrected chi connectivity index (χ4v) is 4.15. The third-order valence-electron chi connectivity index (χ3n) is 6.37. The van der Waals surface area contributed by atoms with Crippen molar-refractivity contribution in [3.63, 3.8) is 0 Å². The number of nitrogens with one attached hydrogen (secondary N) is 1. The predicted octanol–water partition coefficient (Wildman–Crippen LogP) is 6.99. The molecule has 1 N–H and O–H groups in total. The molecule has 0 aliphatic heterocycles. The molecule has 4 rings (SSSR count). The van der Waals surface area contributed by atoms with E-state index in [9.17, 15) is 4.79 Å². The van der Waals surface area contributed by atoms with Crippen molar-refractivity contribution in [2.24, 2.45) is 0 Å². The van der Waals surface area contributed by atoms with Gasteiger partial charge in [-0.2, -0.15) is 0 Å². The van der Waals surface area contributed by atoms with E-state index in [0.29, 0.717) is 24.8 Å². The van der Waals surface area contributed by atoms with Crippen LogP contribution in [-0.4, -0.2) is 24.7 Å². The van der Waals surface area contributed by atoms with Gasteiger partial charge in [0.1, 0.15) is 5.75 Å². The summed E-state index contributed by atoms with van der Waals surface area (Å²) in [5.74, 6) is 1.09. The number of pyridine rings is 1. The summed E-state index contributed by atoms with van der Waals surface area (Å²) in [6, 6.07) is 14.4. The van der Waals surface area contributed by atoms with Gasteiger partial charge in [-0.15, -0.1) is 0 Å². The van der Waals surface area contributed by atoms with Crippen LogP contribution in [0.2, 0.25) is 0 Å². The quantitative estimate of drug-likeness (QED) is 0.275. The molecule has 0 bridgehead atoms. The molecule has 3 aromatic rings. The van der Waals surface area contributed by atoms with E-state index >= 15 is 0 Å². The minimum Gasteiger partial charge on any atom is -0.497 e. The number of carbonyl (C=O) groups is 1. The molecule has 0 amide bonds. The average molecular weight is 461 g/mol. The van der Waals surface area contributed by atoms with Crippen LogP contribution in [0.4, 0.5) is 5.69 Å². The first-order valence-corrected chi connectivity index (χ1v) is 12.3. The first kappa shape index (κ1) is 24.1. The van der Waals surface area contributed by atoms with Gasteiger partial charge in [-0.3, -0.25) is 0 Å². The van der Waals surface area contributed by atoms with Crippen LogP contribution in [0, 0.1) is 0 Å². The molecule has 1 heterocycles. The minimum absolute atomic E-state index is 0.103. The second-order valence-corrected chi connectivity index (χ2v) is 10.2. The van der Waals surface area contributed by atoms with E-state index in [4.69, 9.17) is 14.5 Å². The van der Waals surface area contributed by atoms with Crippen molar-refractivity contribution in [3.05, 3.63) is 64.8 Å². The number of nitrogens with zero attached hydrogens (tertiary/aromatic N) is 1. The second-order valence-electron chi connectivity index (χ2n) is 10.2. The van der Waals surface area contributed by atoms with Crippen LogP contribution in [-0.2, 0) is 16.7 Å². The number of esters is 1. The summed E-state index contributed by atoms with van der Waals surface area (Å²) in [7, 11) is 1.67. The van der Waals surface area contributed by atoms with Gasteiger partial charge >= 0.3 is 5.97 Å². The Kier molecular flexibility index (Phi) is 7.11. The Bertz CT molecular complexity index is 1160. The molecule has 0 spiro atoms. The van der Waals surface area contributed by atoms with Crippen LogP contribution in [0.1, 0.15) is 86.5 Å². The number of hydrogen-bond donors (Lipinski definition) is 1. The van der Waals surface area contributed by atoms with E-state index in [1.165, 1.54) is 24.0 Å². The zero-order chi connectivity index (χ0) is 24.3. The summed E-state index contributed by atoms with van der Waals surface area (Å²) in [5, 5.41) is 4.64. The molecule has 1 fully saturated rings. The smallest absolute Gasteiger partial charge is 0.357 e. The number of hydrogen-bond acceptors (Lipinski definition) is 5. The van der Waals surface area contributed by atoms with E-state index in [1.54, 1.807) is 7.11 Å². The number of methoxy groups -OCH3 is 1. The lowest BCUT2D eigenvalue weighted by Crippen LogP contribution is -2.16. The number of unbranched alkanes of at least 4 members (excludes halogenated alkanes) is 1. The van der Waals surface area contributed by atoms with Gasteiger partial charge in [-0.25, -0.2) is 9.78 Å². The molecule has 5 heteroatoms. The lowest BCUT2D eigenvalue weighted by atomic mass is 9.83. The molecule has 5 nitrogen and oxygen atoms in total. The maximum Gasteiger partial charge on any atom is 0.357 e. The maximum atomic E-state index is 12.9. The minimum atomic E-state index is -0.367. The fourth-order valence-electron chi connectivity index (χ4n) is 4.15. The Balaban J connectivity index is 1.77. The third-order valence-corrected chi connectivity index (χ3v) is 6.37. The number of anilines is 1. The van der Waals surface area contributed by atoms with Gasteiger partial charge in [0.05, 0.1) is 19.2 Å². The average Bonchev–Trinajstić information content (AvgIpc) is 3.67. The van der Waals surface area contributed by atoms with Gasteiger partial charge in [0, 0.05) is 17.6 Å². The number of rotatable bonds is 9. The molecule has 180 valence electrons. The van der Waals surface area contributed by atoms with Gasteiger partial charge in [0.15, 0.2) is 5.69 Å². The lowest BCUT2D eigenvalue weighted by molar-refractivity contribution is 0.0493. The highest BCUT2D eigenvalue weighted by Crippen LogP contribution is 2.44. The highest BCUT2D eigenvalue weighted by atomic mass is 16.5. The number of carbonyl (C=O) groups excluding carboxylic acids is 1. The summed E-state index contributed by atoms with van der Waals surface area (Å²) >= 11 is 0. The largest absolute Gasteiger partial charge is 0.497 e. The molecule has 1 saturated carbocycles. The monoisotopic (exact) mass is 460 g/mol. The molecular formula is C29H36N2O3. The summed E-state index contributed by atoms with van der Waals surface area (Å²) in [6.45, 7) is 9.74. The zero-order valence-corrected chi connectivity index (χ0v) is 21.0. The standard InChI is InChI=1S/C29H36N2O3/c1-6-7-14-34-28(32)26-17-25(30-18-19-8-12-22(33-5)13-9-19)23-15-21(20-10-11-20)16-24(27(23)31-26)29(2,3)4/h8-9,12-13,15-17,20H,6-7,10-11,14,18H2,1-5H3,(H,30,31). The predicted molar refractivity (Wildman–Crippen MR) is 138 cm³/mol. The van der Waals surface area contributed by atoms with Crippen LogP contribution < -0.4 is 10.1 Å². The Morgan fingerprint density at radius 1 is 1.12 bits per heavy atom. The number of ether oxygens (including phenoxy) is 2. The molecule has 0 saturated heterocycles. The van der Waals surface area contributed by atoms with E-state index in [0.717, 1.165) is 40.7 Å². The van der Waals surface area contributed by atoms with E-state index in [2.05, 4.69) is 45.1 Å². The Morgan fingerprint density at radius 3 is 2.47 bits per heavy atom. The molecule has 1 aliphatic rings. The molecular weight excluding hydrogens is 424 g/mol. The molecule has 1 aliphatic carbocycles. The van der Waals surface area contributed by atoms with Crippen molar-refractivity contribution < 1.29 is 14.3 Å². The molecule has 0 radical (unpaired) electrons. The van der Waals surface area contributed by atoms with Gasteiger partial charge in [-0.05, 0) is 71.6 Å². The van der Waals surface area contributed by atoms with Crippen molar-refractivity contribution in [1.29, 1.82) is 0 Å². The van der Waals surface area contributed by atoms with Crippen molar-refractivity contribution in [2.45, 2.75) is 71.3 Å². The molecule has 1 aromatic heterocycles. The van der Waals surface area contributed by atoms with Gasteiger partial charge in [-0.1, -0.05) is 52.3 Å². The van der Waals surface area contributed by atoms with Crippen molar-refractivity contribution in [2.75, 3.05) is 19.0 Å². The first-order chi connectivity index (χ1) is 16.3. The first-order valence-electron chi connectivity index (χ1n) is 12.3. The normalized spacial score (nSPS) is 13.7. The topological polar surface area (TPSA) is 60.5 Å². The molecule has 0 unspecified atom stereocenters. The third kappa shape index (κ3) is 5.52. The Labute approximate surface area is 202 Å². The summed E-state index contributed by atoms with van der Waals surface area (Å²) < 4.78 is 10.8. The van der Waals surface area contributed by atoms with Crippen molar-refractivity contribution in [3.8, 4) is 5.75 Å². The summed E-state index contributed by atoms with van der Waals surface area (Å²) in [6.07, 6.45) is 4.29. The second kappa shape index (κ2) is 10.0. The van der Waals surface area contributed by atoms with E-state index in [1.807, 2.05) is 30.3 Å². The van der Waals surface area contributed by atoms with Gasteiger partial charge < -0.3 is 14.8 Å². The maximum absolute atomic E-state index is 12.9. The van der Waals surface area contributed by atoms with Crippen LogP contribution in [0.15, 0.2) is 42.5 Å². The molecule has 2 aromatic carbocycles. The van der Waals surface area contributed by atoms with Gasteiger partial charge in [0.2, 0.25) is 0 Å². The summed E-state index contributed by atoms with van der Waals surface area (Å²) in [4.78, 5) is 17.7. The number of aromatic nitrogens is 1. The number of fused-ring (bicyclic) bond motifs is 1.